The molecular weight excluding hydrogens is 322 g/mol. The predicted molar refractivity (Wildman–Crippen MR) is 80.2 cm³/mol. The molecule has 1 unspecified atom stereocenters. The maximum absolute atomic E-state index is 12.7. The average Bonchev–Trinajstić information content (AvgIpc) is 3.13. The van der Waals surface area contributed by atoms with Gasteiger partial charge in [-0.15, -0.1) is 0 Å². The minimum atomic E-state index is -4.02. The van der Waals surface area contributed by atoms with E-state index in [1.54, 1.807) is 24.3 Å². The normalized spacial score (nSPS) is 13.3. The van der Waals surface area contributed by atoms with Crippen molar-refractivity contribution in [2.24, 2.45) is 5.73 Å². The number of fused-ring (bicyclic) bond motifs is 1. The van der Waals surface area contributed by atoms with Gasteiger partial charge in [-0.3, -0.25) is 4.79 Å². The molecule has 4 N–H and O–H groups in total. The second-order valence-electron chi connectivity index (χ2n) is 4.89. The quantitative estimate of drug-likeness (QED) is 0.593. The van der Waals surface area contributed by atoms with Gasteiger partial charge in [-0.05, 0) is 12.1 Å². The van der Waals surface area contributed by atoms with Crippen LogP contribution < -0.4 is 5.73 Å². The van der Waals surface area contributed by atoms with E-state index in [2.05, 4.69) is 15.0 Å². The Hall–Kier alpha value is -2.72. The van der Waals surface area contributed by atoms with Gasteiger partial charge in [0.15, 0.2) is 0 Å². The molecule has 2 aromatic heterocycles. The summed E-state index contributed by atoms with van der Waals surface area (Å²) < 4.78 is 26.2. The van der Waals surface area contributed by atoms with E-state index in [0.29, 0.717) is 11.0 Å². The van der Waals surface area contributed by atoms with Crippen molar-refractivity contribution in [3.63, 3.8) is 0 Å². The van der Waals surface area contributed by atoms with Crippen molar-refractivity contribution in [2.75, 3.05) is 0 Å². The van der Waals surface area contributed by atoms with Crippen LogP contribution in [0.4, 0.5) is 0 Å². The van der Waals surface area contributed by atoms with Crippen molar-refractivity contribution < 1.29 is 18.3 Å². The van der Waals surface area contributed by atoms with Crippen LogP contribution in [0, 0.1) is 0 Å². The van der Waals surface area contributed by atoms with Gasteiger partial charge < -0.3 is 15.8 Å². The molecule has 0 saturated heterocycles. The summed E-state index contributed by atoms with van der Waals surface area (Å²) in [5.74, 6) is -1.22. The molecular formula is C13H13N5O4S. The van der Waals surface area contributed by atoms with Crippen LogP contribution in [0.3, 0.4) is 0 Å². The monoisotopic (exact) mass is 335 g/mol. The highest BCUT2D eigenvalue weighted by molar-refractivity contribution is 7.89. The number of para-hydroxylation sites is 2. The number of carboxylic acids is 1. The van der Waals surface area contributed by atoms with Gasteiger partial charge in [-0.2, -0.15) is 8.42 Å². The lowest BCUT2D eigenvalue weighted by Crippen LogP contribution is -2.33. The van der Waals surface area contributed by atoms with Gasteiger partial charge in [-0.25, -0.2) is 13.9 Å². The number of hydrogen-bond donors (Lipinski definition) is 3. The number of H-pyrrole nitrogens is 1. The van der Waals surface area contributed by atoms with Crippen LogP contribution in [-0.2, 0) is 21.2 Å². The molecule has 1 atom stereocenters. The Balaban J connectivity index is 2.03. The fourth-order valence-corrected chi connectivity index (χ4v) is 3.38. The molecule has 3 aromatic rings. The first-order valence-corrected chi connectivity index (χ1v) is 8.03. The molecule has 0 aliphatic rings. The smallest absolute Gasteiger partial charge is 0.320 e. The third kappa shape index (κ3) is 2.69. The number of nitrogens with zero attached hydrogens (tertiary/aromatic N) is 3. The summed E-state index contributed by atoms with van der Waals surface area (Å²) in [6.45, 7) is 0. The average molecular weight is 335 g/mol. The second-order valence-corrected chi connectivity index (χ2v) is 6.62. The molecule has 0 aliphatic carbocycles. The van der Waals surface area contributed by atoms with Crippen molar-refractivity contribution in [3.05, 3.63) is 42.5 Å². The number of aromatic amines is 1. The Bertz CT molecular complexity index is 942. The number of carboxylic acid groups (broad SMARTS) is 1. The third-order valence-corrected chi connectivity index (χ3v) is 4.82. The summed E-state index contributed by atoms with van der Waals surface area (Å²) in [5, 5.41) is 8.62. The lowest BCUT2D eigenvalue weighted by molar-refractivity contribution is -0.138. The van der Waals surface area contributed by atoms with Crippen LogP contribution in [-0.4, -0.2) is 44.5 Å². The summed E-state index contributed by atoms with van der Waals surface area (Å²) in [6.07, 6.45) is 2.18. The number of hydrogen-bond acceptors (Lipinski definition) is 6. The highest BCUT2D eigenvalue weighted by atomic mass is 32.2. The number of benzene rings is 1. The van der Waals surface area contributed by atoms with E-state index in [-0.39, 0.29) is 17.3 Å². The molecule has 0 spiro atoms. The van der Waals surface area contributed by atoms with Gasteiger partial charge in [-0.1, -0.05) is 12.1 Å². The molecule has 3 rings (SSSR count). The number of imidazole rings is 2. The number of rotatable bonds is 5. The molecule has 23 heavy (non-hydrogen) atoms. The van der Waals surface area contributed by atoms with E-state index in [4.69, 9.17) is 10.8 Å². The van der Waals surface area contributed by atoms with Crippen molar-refractivity contribution in [1.82, 2.24) is 18.9 Å². The Morgan fingerprint density at radius 2 is 2.13 bits per heavy atom. The third-order valence-electron chi connectivity index (χ3n) is 3.30. The predicted octanol–water partition coefficient (Wildman–Crippen LogP) is -0.0492. The molecule has 10 heteroatoms. The fourth-order valence-electron chi connectivity index (χ4n) is 2.13. The molecule has 1 aromatic carbocycles. The zero-order valence-electron chi connectivity index (χ0n) is 11.7. The van der Waals surface area contributed by atoms with Crippen LogP contribution in [0.15, 0.2) is 41.9 Å². The van der Waals surface area contributed by atoms with Crippen LogP contribution in [0.25, 0.3) is 11.0 Å². The zero-order chi connectivity index (χ0) is 16.6. The topological polar surface area (TPSA) is 144 Å². The van der Waals surface area contributed by atoms with Gasteiger partial charge in [0.1, 0.15) is 12.4 Å². The first kappa shape index (κ1) is 15.2. The minimum absolute atomic E-state index is 0.167. The van der Waals surface area contributed by atoms with Crippen LogP contribution in [0.1, 0.15) is 5.69 Å². The Morgan fingerprint density at radius 3 is 2.83 bits per heavy atom. The molecule has 0 saturated carbocycles. The zero-order valence-corrected chi connectivity index (χ0v) is 12.6. The van der Waals surface area contributed by atoms with E-state index in [9.17, 15) is 13.2 Å². The lowest BCUT2D eigenvalue weighted by atomic mass is 10.2. The van der Waals surface area contributed by atoms with Gasteiger partial charge >= 0.3 is 16.0 Å². The molecule has 0 fully saturated rings. The van der Waals surface area contributed by atoms with E-state index in [1.165, 1.54) is 6.20 Å². The Labute approximate surface area is 130 Å². The maximum Gasteiger partial charge on any atom is 0.320 e. The largest absolute Gasteiger partial charge is 0.480 e. The number of carbonyl (C=O) groups is 1. The van der Waals surface area contributed by atoms with Crippen LogP contribution in [0.5, 0.6) is 0 Å². The molecule has 9 nitrogen and oxygen atoms in total. The van der Waals surface area contributed by atoms with Gasteiger partial charge in [0.05, 0.1) is 16.7 Å². The molecule has 120 valence electrons. The number of aromatic nitrogens is 4. The lowest BCUT2D eigenvalue weighted by Gasteiger charge is -2.09. The van der Waals surface area contributed by atoms with Gasteiger partial charge in [0, 0.05) is 12.6 Å². The molecule has 0 radical (unpaired) electrons. The van der Waals surface area contributed by atoms with Crippen molar-refractivity contribution in [2.45, 2.75) is 17.6 Å². The first-order valence-electron chi connectivity index (χ1n) is 6.59. The minimum Gasteiger partial charge on any atom is -0.480 e. The molecule has 2 heterocycles. The summed E-state index contributed by atoms with van der Waals surface area (Å²) >= 11 is 0. The number of nitrogens with two attached hydrogens (primary N) is 1. The van der Waals surface area contributed by atoms with Crippen molar-refractivity contribution in [3.8, 4) is 0 Å². The number of aliphatic carboxylic acids is 1. The van der Waals surface area contributed by atoms with E-state index in [1.807, 2.05) is 0 Å². The van der Waals surface area contributed by atoms with E-state index < -0.39 is 22.0 Å². The van der Waals surface area contributed by atoms with Gasteiger partial charge in [0.2, 0.25) is 5.16 Å². The van der Waals surface area contributed by atoms with E-state index >= 15 is 0 Å². The highest BCUT2D eigenvalue weighted by Gasteiger charge is 2.25. The highest BCUT2D eigenvalue weighted by Crippen LogP contribution is 2.18. The Morgan fingerprint density at radius 1 is 1.39 bits per heavy atom. The molecule has 0 bridgehead atoms. The van der Waals surface area contributed by atoms with Crippen LogP contribution >= 0.6 is 0 Å². The van der Waals surface area contributed by atoms with Crippen molar-refractivity contribution >= 4 is 27.0 Å². The maximum atomic E-state index is 12.7. The first-order chi connectivity index (χ1) is 10.9. The number of nitrogens with one attached hydrogen (secondary N) is 1. The summed E-state index contributed by atoms with van der Waals surface area (Å²) in [5.41, 5.74) is 6.72. The fraction of sp³-hybridized carbons (Fsp3) is 0.154. The van der Waals surface area contributed by atoms with Gasteiger partial charge in [0.25, 0.3) is 0 Å². The standard InChI is InChI=1S/C13H13N5O4S/c14-9(12(19)20)5-8-6-15-7-18(8)23(21,22)13-16-10-3-1-2-4-11(10)17-13/h1-4,6-7,9H,5,14H2,(H,16,17)(H,19,20). The molecule has 0 aliphatic heterocycles. The summed E-state index contributed by atoms with van der Waals surface area (Å²) in [6, 6.07) is 5.66. The SMILES string of the molecule is NC(Cc1cncn1S(=O)(=O)c1nc2ccccc2[nH]1)C(=O)O. The van der Waals surface area contributed by atoms with Crippen LogP contribution in [0.2, 0.25) is 0 Å². The van der Waals surface area contributed by atoms with Crippen molar-refractivity contribution in [1.29, 1.82) is 0 Å². The molecule has 0 amide bonds. The van der Waals surface area contributed by atoms with E-state index in [0.717, 1.165) is 10.3 Å². The summed E-state index contributed by atoms with van der Waals surface area (Å²) in [7, 11) is -4.02. The summed E-state index contributed by atoms with van der Waals surface area (Å²) in [4.78, 5) is 21.4. The second kappa shape index (κ2) is 5.48. The Kier molecular flexibility index (Phi) is 3.62.